The summed E-state index contributed by atoms with van der Waals surface area (Å²) >= 11 is 0. The first-order chi connectivity index (χ1) is 15.1. The summed E-state index contributed by atoms with van der Waals surface area (Å²) in [5.41, 5.74) is -1.46. The molecule has 0 aromatic heterocycles. The van der Waals surface area contributed by atoms with Gasteiger partial charge in [0.15, 0.2) is 5.78 Å². The molecule has 0 radical (unpaired) electrons. The maximum absolute atomic E-state index is 13.3. The molecule has 0 heterocycles. The molecule has 0 aromatic carbocycles. The fraction of sp³-hybridized carbons (Fsp3) is 0.893. The minimum Gasteiger partial charge on any atom is -0.390 e. The van der Waals surface area contributed by atoms with Crippen LogP contribution in [0.15, 0.2) is 11.6 Å². The van der Waals surface area contributed by atoms with Gasteiger partial charge < -0.3 is 20.4 Å². The van der Waals surface area contributed by atoms with Gasteiger partial charge in [-0.05, 0) is 99.5 Å². The Bertz CT molecular complexity index is 825. The molecule has 188 valence electrons. The Kier molecular flexibility index (Phi) is 6.05. The molecule has 4 rings (SSSR count). The lowest BCUT2D eigenvalue weighted by molar-refractivity contribution is -0.155. The quantitative estimate of drug-likeness (QED) is 0.492. The van der Waals surface area contributed by atoms with Crippen molar-refractivity contribution in [3.8, 4) is 0 Å². The Hall–Kier alpha value is -0.750. The fourth-order valence-electron chi connectivity index (χ4n) is 8.77. The SMILES string of the molecule is CC(C)(O)CCCC(C)(C)[C@H]1CC[C@@]2(O)C3=CC(=O)[C@@H]4C[C@@H](O)[C@@H](O)C[C@]4(C)[C@H]3CC[C@]12C. The van der Waals surface area contributed by atoms with E-state index in [1.54, 1.807) is 6.08 Å². The second-order valence-electron chi connectivity index (χ2n) is 13.7. The molecule has 4 aliphatic carbocycles. The lowest BCUT2D eigenvalue weighted by Crippen LogP contribution is -2.61. The highest BCUT2D eigenvalue weighted by molar-refractivity contribution is 5.95. The lowest BCUT2D eigenvalue weighted by atomic mass is 9.45. The van der Waals surface area contributed by atoms with Gasteiger partial charge in [-0.1, -0.05) is 34.1 Å². The molecule has 0 spiro atoms. The van der Waals surface area contributed by atoms with Crippen LogP contribution in [0.25, 0.3) is 0 Å². The molecule has 0 unspecified atom stereocenters. The molecule has 0 saturated heterocycles. The van der Waals surface area contributed by atoms with E-state index in [1.807, 2.05) is 13.8 Å². The molecule has 5 heteroatoms. The normalized spacial score (nSPS) is 45.8. The molecule has 4 N–H and O–H groups in total. The third-order valence-electron chi connectivity index (χ3n) is 10.7. The van der Waals surface area contributed by atoms with E-state index < -0.39 is 28.8 Å². The molecule has 33 heavy (non-hydrogen) atoms. The molecule has 0 aliphatic heterocycles. The summed E-state index contributed by atoms with van der Waals surface area (Å²) in [5, 5.41) is 43.2. The van der Waals surface area contributed by atoms with Crippen molar-refractivity contribution in [2.24, 2.45) is 34.0 Å². The highest BCUT2D eigenvalue weighted by Gasteiger charge is 2.67. The van der Waals surface area contributed by atoms with E-state index >= 15 is 0 Å². The first-order valence-electron chi connectivity index (χ1n) is 13.1. The molecular formula is C28H46O5. The van der Waals surface area contributed by atoms with Gasteiger partial charge in [0.1, 0.15) is 0 Å². The largest absolute Gasteiger partial charge is 0.390 e. The smallest absolute Gasteiger partial charge is 0.159 e. The topological polar surface area (TPSA) is 98.0 Å². The summed E-state index contributed by atoms with van der Waals surface area (Å²) in [5.74, 6) is 0.129. The third kappa shape index (κ3) is 3.86. The highest BCUT2D eigenvalue weighted by atomic mass is 16.3. The molecule has 3 saturated carbocycles. The Morgan fingerprint density at radius 2 is 1.67 bits per heavy atom. The van der Waals surface area contributed by atoms with Gasteiger partial charge in [0.2, 0.25) is 0 Å². The van der Waals surface area contributed by atoms with E-state index in [9.17, 15) is 25.2 Å². The van der Waals surface area contributed by atoms with Crippen molar-refractivity contribution in [3.05, 3.63) is 11.6 Å². The summed E-state index contributed by atoms with van der Waals surface area (Å²) in [6.07, 6.45) is 6.92. The second-order valence-corrected chi connectivity index (χ2v) is 13.7. The lowest BCUT2D eigenvalue weighted by Gasteiger charge is -2.60. The van der Waals surface area contributed by atoms with Crippen LogP contribution in [-0.4, -0.2) is 49.6 Å². The first kappa shape index (κ1) is 25.3. The maximum atomic E-state index is 13.3. The van der Waals surface area contributed by atoms with Crippen LogP contribution in [0, 0.1) is 34.0 Å². The van der Waals surface area contributed by atoms with Crippen LogP contribution < -0.4 is 0 Å². The second kappa shape index (κ2) is 7.88. The van der Waals surface area contributed by atoms with Crippen LogP contribution in [0.1, 0.15) is 99.3 Å². The molecule has 0 aromatic rings. The van der Waals surface area contributed by atoms with Gasteiger partial charge in [-0.15, -0.1) is 0 Å². The van der Waals surface area contributed by atoms with Crippen molar-refractivity contribution in [1.82, 2.24) is 0 Å². The highest BCUT2D eigenvalue weighted by Crippen LogP contribution is 2.69. The Morgan fingerprint density at radius 3 is 2.30 bits per heavy atom. The number of aliphatic hydroxyl groups is 4. The standard InChI is InChI=1S/C28H46O5/c1-24(2,10-7-11-25(3,4)32)23-9-13-28(33)18-14-20(29)19-15-21(30)22(31)16-26(19,5)17(18)8-12-27(23,28)6/h14,17,19,21-23,30-33H,7-13,15-16H2,1-6H3/t17-,19-,21+,22-,23+,26+,27+,28+/m0/s1. The van der Waals surface area contributed by atoms with Crippen LogP contribution in [0.4, 0.5) is 0 Å². The molecule has 4 aliphatic rings. The number of hydrogen-bond acceptors (Lipinski definition) is 5. The van der Waals surface area contributed by atoms with Gasteiger partial charge in [-0.3, -0.25) is 4.79 Å². The summed E-state index contributed by atoms with van der Waals surface area (Å²) in [4.78, 5) is 13.3. The van der Waals surface area contributed by atoms with E-state index in [0.717, 1.165) is 44.1 Å². The number of allylic oxidation sites excluding steroid dienone is 1. The minimum atomic E-state index is -1.00. The van der Waals surface area contributed by atoms with E-state index in [-0.39, 0.29) is 28.4 Å². The van der Waals surface area contributed by atoms with Gasteiger partial charge in [-0.2, -0.15) is 0 Å². The van der Waals surface area contributed by atoms with Crippen LogP contribution >= 0.6 is 0 Å². The molecule has 5 nitrogen and oxygen atoms in total. The van der Waals surface area contributed by atoms with Gasteiger partial charge in [0.05, 0.1) is 23.4 Å². The first-order valence-corrected chi connectivity index (χ1v) is 13.1. The number of hydrogen-bond donors (Lipinski definition) is 4. The van der Waals surface area contributed by atoms with E-state index in [4.69, 9.17) is 0 Å². The van der Waals surface area contributed by atoms with Crippen LogP contribution in [-0.2, 0) is 4.79 Å². The monoisotopic (exact) mass is 462 g/mol. The van der Waals surface area contributed by atoms with Gasteiger partial charge >= 0.3 is 0 Å². The number of ketones is 1. The number of aliphatic hydroxyl groups excluding tert-OH is 2. The molecule has 8 atom stereocenters. The van der Waals surface area contributed by atoms with Crippen LogP contribution in [0.5, 0.6) is 0 Å². The van der Waals surface area contributed by atoms with Gasteiger partial charge in [0.25, 0.3) is 0 Å². The van der Waals surface area contributed by atoms with Gasteiger partial charge in [-0.25, -0.2) is 0 Å². The average Bonchev–Trinajstić information content (AvgIpc) is 2.95. The summed E-state index contributed by atoms with van der Waals surface area (Å²) in [7, 11) is 0. The molecule has 3 fully saturated rings. The molecule has 0 amide bonds. The summed E-state index contributed by atoms with van der Waals surface area (Å²) < 4.78 is 0. The Morgan fingerprint density at radius 1 is 1.00 bits per heavy atom. The zero-order chi connectivity index (χ0) is 24.6. The van der Waals surface area contributed by atoms with Crippen LogP contribution in [0.2, 0.25) is 0 Å². The van der Waals surface area contributed by atoms with Crippen molar-refractivity contribution in [2.45, 2.75) is 123 Å². The Labute approximate surface area is 199 Å². The van der Waals surface area contributed by atoms with Crippen molar-refractivity contribution >= 4 is 5.78 Å². The predicted molar refractivity (Wildman–Crippen MR) is 128 cm³/mol. The average molecular weight is 463 g/mol. The summed E-state index contributed by atoms with van der Waals surface area (Å²) in [6.45, 7) is 12.7. The zero-order valence-electron chi connectivity index (χ0n) is 21.5. The van der Waals surface area contributed by atoms with E-state index in [0.29, 0.717) is 25.2 Å². The fourth-order valence-corrected chi connectivity index (χ4v) is 8.77. The van der Waals surface area contributed by atoms with E-state index in [1.165, 1.54) is 0 Å². The predicted octanol–water partition coefficient (Wildman–Crippen LogP) is 4.16. The minimum absolute atomic E-state index is 0.0141. The number of rotatable bonds is 5. The third-order valence-corrected chi connectivity index (χ3v) is 10.7. The van der Waals surface area contributed by atoms with Crippen molar-refractivity contribution in [3.63, 3.8) is 0 Å². The number of carbonyl (C=O) groups is 1. The van der Waals surface area contributed by atoms with Crippen molar-refractivity contribution in [2.75, 3.05) is 0 Å². The van der Waals surface area contributed by atoms with Gasteiger partial charge in [0, 0.05) is 11.3 Å². The zero-order valence-corrected chi connectivity index (χ0v) is 21.5. The Balaban J connectivity index is 1.64. The van der Waals surface area contributed by atoms with E-state index in [2.05, 4.69) is 27.7 Å². The van der Waals surface area contributed by atoms with Crippen molar-refractivity contribution < 1.29 is 25.2 Å². The number of carbonyl (C=O) groups excluding carboxylic acids is 1. The molecule has 0 bridgehead atoms. The maximum Gasteiger partial charge on any atom is 0.159 e. The van der Waals surface area contributed by atoms with Crippen LogP contribution in [0.3, 0.4) is 0 Å². The molecular weight excluding hydrogens is 416 g/mol. The number of fused-ring (bicyclic) bond motifs is 5. The van der Waals surface area contributed by atoms with Crippen molar-refractivity contribution in [1.29, 1.82) is 0 Å². The summed E-state index contributed by atoms with van der Waals surface area (Å²) in [6, 6.07) is 0.